The van der Waals surface area contributed by atoms with Gasteiger partial charge in [0.2, 0.25) is 0 Å². The van der Waals surface area contributed by atoms with Crippen LogP contribution >= 0.6 is 11.3 Å². The molecule has 2 unspecified atom stereocenters. The first-order valence-corrected chi connectivity index (χ1v) is 7.97. The van der Waals surface area contributed by atoms with Crippen LogP contribution in [0.25, 0.3) is 4.96 Å². The molecular weight excluding hydrogens is 272 g/mol. The van der Waals surface area contributed by atoms with Gasteiger partial charge in [-0.25, -0.2) is 4.98 Å². The minimum absolute atomic E-state index is 0.321. The number of fused-ring (bicyclic) bond motifs is 1. The van der Waals surface area contributed by atoms with E-state index in [1.165, 1.54) is 0 Å². The molecule has 1 fully saturated rings. The highest BCUT2D eigenvalue weighted by molar-refractivity contribution is 7.15. The summed E-state index contributed by atoms with van der Waals surface area (Å²) in [4.78, 5) is 10.2. The van der Waals surface area contributed by atoms with E-state index in [1.54, 1.807) is 11.3 Å². The Kier molecular flexibility index (Phi) is 4.07. The number of piperazine rings is 1. The fraction of sp³-hybridized carbons (Fsp3) is 0.643. The normalized spacial score (nSPS) is 23.4. The molecule has 1 aliphatic heterocycles. The minimum Gasteiger partial charge on any atom is -0.393 e. The summed E-state index contributed by atoms with van der Waals surface area (Å²) in [5.41, 5.74) is 0.983. The molecule has 0 amide bonds. The molecule has 0 saturated carbocycles. The lowest BCUT2D eigenvalue weighted by molar-refractivity contribution is 0.0636. The van der Waals surface area contributed by atoms with Crippen LogP contribution in [0.4, 0.5) is 0 Å². The number of imidazole rings is 1. The van der Waals surface area contributed by atoms with E-state index >= 15 is 0 Å². The van der Waals surface area contributed by atoms with E-state index in [2.05, 4.69) is 28.9 Å². The van der Waals surface area contributed by atoms with Crippen LogP contribution in [0.2, 0.25) is 0 Å². The quantitative estimate of drug-likeness (QED) is 0.911. The van der Waals surface area contributed by atoms with Gasteiger partial charge in [-0.05, 0) is 20.5 Å². The largest absolute Gasteiger partial charge is 0.393 e. The summed E-state index contributed by atoms with van der Waals surface area (Å²) in [6.07, 6.45) is 5.16. The number of hydrogen-bond acceptors (Lipinski definition) is 5. The maximum absolute atomic E-state index is 10.3. The summed E-state index contributed by atoms with van der Waals surface area (Å²) in [5, 5.41) is 12.4. The maximum Gasteiger partial charge on any atom is 0.193 e. The average Bonchev–Trinajstić information content (AvgIpc) is 2.94. The molecule has 110 valence electrons. The molecule has 2 atom stereocenters. The number of aliphatic hydroxyl groups excluding tert-OH is 1. The van der Waals surface area contributed by atoms with Crippen LogP contribution in [-0.4, -0.2) is 70.2 Å². The maximum atomic E-state index is 10.3. The molecule has 0 aromatic carbocycles. The molecular formula is C14H22N4OS. The molecule has 6 heteroatoms. The Morgan fingerprint density at radius 2 is 2.30 bits per heavy atom. The Hall–Kier alpha value is -0.950. The topological polar surface area (TPSA) is 44.0 Å². The molecule has 1 saturated heterocycles. The summed E-state index contributed by atoms with van der Waals surface area (Å²) in [6, 6.07) is 0.437. The van der Waals surface area contributed by atoms with Crippen molar-refractivity contribution in [2.24, 2.45) is 0 Å². The fourth-order valence-electron chi connectivity index (χ4n) is 2.87. The van der Waals surface area contributed by atoms with Crippen LogP contribution in [0.5, 0.6) is 0 Å². The highest BCUT2D eigenvalue weighted by Gasteiger charge is 2.24. The van der Waals surface area contributed by atoms with E-state index in [1.807, 2.05) is 22.2 Å². The van der Waals surface area contributed by atoms with Gasteiger partial charge in [0, 0.05) is 49.9 Å². The van der Waals surface area contributed by atoms with Gasteiger partial charge >= 0.3 is 0 Å². The van der Waals surface area contributed by atoms with Crippen molar-refractivity contribution < 1.29 is 5.11 Å². The number of rotatable bonds is 4. The lowest BCUT2D eigenvalue weighted by Gasteiger charge is -2.38. The molecule has 1 N–H and O–H groups in total. The zero-order valence-electron chi connectivity index (χ0n) is 12.1. The molecule has 0 bridgehead atoms. The van der Waals surface area contributed by atoms with Gasteiger partial charge in [0.15, 0.2) is 4.96 Å². The van der Waals surface area contributed by atoms with E-state index in [4.69, 9.17) is 0 Å². The Labute approximate surface area is 123 Å². The molecule has 3 rings (SSSR count). The third kappa shape index (κ3) is 3.03. The summed E-state index contributed by atoms with van der Waals surface area (Å²) >= 11 is 1.63. The van der Waals surface area contributed by atoms with Crippen molar-refractivity contribution in [1.29, 1.82) is 0 Å². The third-order valence-electron chi connectivity index (χ3n) is 4.11. The van der Waals surface area contributed by atoms with Gasteiger partial charge in [-0.2, -0.15) is 0 Å². The second kappa shape index (κ2) is 5.81. The van der Waals surface area contributed by atoms with Gasteiger partial charge in [-0.1, -0.05) is 0 Å². The number of aliphatic hydroxyl groups is 1. The second-order valence-electron chi connectivity index (χ2n) is 5.82. The zero-order valence-corrected chi connectivity index (χ0v) is 12.9. The number of aromatic nitrogens is 2. The predicted octanol–water partition coefficient (Wildman–Crippen LogP) is 0.935. The molecule has 20 heavy (non-hydrogen) atoms. The van der Waals surface area contributed by atoms with E-state index in [0.29, 0.717) is 12.5 Å². The van der Waals surface area contributed by atoms with Crippen molar-refractivity contribution in [2.45, 2.75) is 25.0 Å². The van der Waals surface area contributed by atoms with Gasteiger partial charge in [-0.3, -0.25) is 4.40 Å². The van der Waals surface area contributed by atoms with E-state index < -0.39 is 0 Å². The molecule has 0 radical (unpaired) electrons. The fourth-order valence-corrected chi connectivity index (χ4v) is 3.59. The van der Waals surface area contributed by atoms with Crippen LogP contribution < -0.4 is 0 Å². The van der Waals surface area contributed by atoms with Crippen LogP contribution in [0.3, 0.4) is 0 Å². The number of thiazole rings is 1. The van der Waals surface area contributed by atoms with Crippen LogP contribution in [0, 0.1) is 0 Å². The van der Waals surface area contributed by atoms with E-state index in [-0.39, 0.29) is 6.10 Å². The molecule has 2 aromatic rings. The van der Waals surface area contributed by atoms with Crippen molar-refractivity contribution >= 4 is 16.3 Å². The Morgan fingerprint density at radius 3 is 3.10 bits per heavy atom. The molecule has 3 heterocycles. The molecule has 0 aliphatic carbocycles. The number of hydrogen-bond donors (Lipinski definition) is 1. The van der Waals surface area contributed by atoms with Crippen molar-refractivity contribution in [3.8, 4) is 0 Å². The highest BCUT2D eigenvalue weighted by atomic mass is 32.1. The lowest BCUT2D eigenvalue weighted by Crippen LogP contribution is -2.51. The SMILES string of the molecule is CN1CCN(C)C(CC(O)Cc2cn3ccsc3n2)C1. The van der Waals surface area contributed by atoms with Crippen molar-refractivity contribution in [1.82, 2.24) is 19.2 Å². The number of nitrogens with zero attached hydrogens (tertiary/aromatic N) is 4. The summed E-state index contributed by atoms with van der Waals surface area (Å²) in [5.74, 6) is 0. The third-order valence-corrected chi connectivity index (χ3v) is 4.88. The van der Waals surface area contributed by atoms with Gasteiger partial charge < -0.3 is 14.9 Å². The first kappa shape index (κ1) is 14.0. The van der Waals surface area contributed by atoms with Crippen LogP contribution in [0.1, 0.15) is 12.1 Å². The standard InChI is InChI=1S/C14H22N4OS/c1-16-3-4-17(2)12(10-16)8-13(19)7-11-9-18-5-6-20-14(18)15-11/h5-6,9,12-13,19H,3-4,7-8,10H2,1-2H3. The van der Waals surface area contributed by atoms with Gasteiger partial charge in [0.1, 0.15) is 0 Å². The van der Waals surface area contributed by atoms with Gasteiger partial charge in [0.05, 0.1) is 11.8 Å². The Morgan fingerprint density at radius 1 is 1.45 bits per heavy atom. The summed E-state index contributed by atoms with van der Waals surface area (Å²) in [7, 11) is 4.30. The molecule has 2 aromatic heterocycles. The molecule has 0 spiro atoms. The Bertz CT molecular complexity index is 538. The lowest BCUT2D eigenvalue weighted by atomic mass is 10.0. The van der Waals surface area contributed by atoms with Crippen molar-refractivity contribution in [3.05, 3.63) is 23.5 Å². The van der Waals surface area contributed by atoms with Crippen molar-refractivity contribution in [3.63, 3.8) is 0 Å². The smallest absolute Gasteiger partial charge is 0.193 e. The second-order valence-corrected chi connectivity index (χ2v) is 6.69. The Balaban J connectivity index is 1.58. The van der Waals surface area contributed by atoms with Gasteiger partial charge in [-0.15, -0.1) is 11.3 Å². The van der Waals surface area contributed by atoms with E-state index in [0.717, 1.165) is 36.7 Å². The first-order valence-electron chi connectivity index (χ1n) is 7.10. The first-order chi connectivity index (χ1) is 9.61. The van der Waals surface area contributed by atoms with Crippen LogP contribution in [-0.2, 0) is 6.42 Å². The monoisotopic (exact) mass is 294 g/mol. The van der Waals surface area contributed by atoms with Crippen LogP contribution in [0.15, 0.2) is 17.8 Å². The predicted molar refractivity (Wildman–Crippen MR) is 81.3 cm³/mol. The molecule has 5 nitrogen and oxygen atoms in total. The van der Waals surface area contributed by atoms with Gasteiger partial charge in [0.25, 0.3) is 0 Å². The average molecular weight is 294 g/mol. The summed E-state index contributed by atoms with van der Waals surface area (Å²) in [6.45, 7) is 3.22. The summed E-state index contributed by atoms with van der Waals surface area (Å²) < 4.78 is 2.02. The zero-order chi connectivity index (χ0) is 14.1. The minimum atomic E-state index is -0.321. The van der Waals surface area contributed by atoms with Crippen molar-refractivity contribution in [2.75, 3.05) is 33.7 Å². The molecule has 1 aliphatic rings. The highest BCUT2D eigenvalue weighted by Crippen LogP contribution is 2.16. The van der Waals surface area contributed by atoms with E-state index in [9.17, 15) is 5.11 Å². The number of likely N-dealkylation sites (N-methyl/N-ethyl adjacent to an activating group) is 2.